The first-order valence-corrected chi connectivity index (χ1v) is 9.33. The highest BCUT2D eigenvalue weighted by atomic mass is 16.5. The molecule has 0 heterocycles. The van der Waals surface area contributed by atoms with Gasteiger partial charge in [-0.15, -0.1) is 0 Å². The van der Waals surface area contributed by atoms with E-state index in [-0.39, 0.29) is 24.8 Å². The second kappa shape index (κ2) is 10.3. The van der Waals surface area contributed by atoms with Crippen LogP contribution < -0.4 is 15.4 Å². The van der Waals surface area contributed by atoms with Crippen LogP contribution in [-0.4, -0.2) is 18.4 Å². The highest BCUT2D eigenvalue weighted by molar-refractivity contribution is 5.80. The number of rotatable bonds is 9. The summed E-state index contributed by atoms with van der Waals surface area (Å²) in [5.41, 5.74) is 5.02. The maximum absolute atomic E-state index is 12.0. The van der Waals surface area contributed by atoms with Gasteiger partial charge in [0.15, 0.2) is 6.61 Å². The van der Waals surface area contributed by atoms with Crippen molar-refractivity contribution in [1.29, 1.82) is 0 Å². The van der Waals surface area contributed by atoms with Crippen molar-refractivity contribution in [3.05, 3.63) is 77.0 Å². The van der Waals surface area contributed by atoms with E-state index >= 15 is 0 Å². The number of aryl methyl sites for hydroxylation is 3. The molecule has 5 heteroatoms. The predicted octanol–water partition coefficient (Wildman–Crippen LogP) is 3.72. The number of carbonyl (C=O) groups excluding carboxylic acids is 2. The van der Waals surface area contributed by atoms with Crippen LogP contribution in [0.1, 0.15) is 35.1 Å². The summed E-state index contributed by atoms with van der Waals surface area (Å²) in [5, 5.41) is 5.54. The first kappa shape index (κ1) is 21.2. The summed E-state index contributed by atoms with van der Waals surface area (Å²) in [6.45, 7) is 10.2. The standard InChI is InChI=1S/C23H28N2O3/c1-16-5-9-20(10-6-16)14-24-22(26)12-8-19(4)25-23(27)15-28-21-11-7-17(2)18(3)13-21/h5-7,9-11,13H,4,8,12,14-15H2,1-3H3,(H,24,26)(H,25,27). The minimum absolute atomic E-state index is 0.0812. The average molecular weight is 380 g/mol. The molecule has 2 rings (SSSR count). The Hall–Kier alpha value is -3.08. The Labute approximate surface area is 166 Å². The SMILES string of the molecule is C=C(CCC(=O)NCc1ccc(C)cc1)NC(=O)COc1ccc(C)c(C)c1. The van der Waals surface area contributed by atoms with Gasteiger partial charge in [-0.25, -0.2) is 0 Å². The third-order valence-electron chi connectivity index (χ3n) is 4.43. The number of ether oxygens (including phenoxy) is 1. The van der Waals surface area contributed by atoms with Crippen molar-refractivity contribution in [2.75, 3.05) is 6.61 Å². The maximum atomic E-state index is 12.0. The van der Waals surface area contributed by atoms with E-state index in [1.165, 1.54) is 11.1 Å². The van der Waals surface area contributed by atoms with Gasteiger partial charge >= 0.3 is 0 Å². The molecule has 2 aromatic rings. The fraction of sp³-hybridized carbons (Fsp3) is 0.304. The second-order valence-corrected chi connectivity index (χ2v) is 6.95. The summed E-state index contributed by atoms with van der Waals surface area (Å²) in [7, 11) is 0. The lowest BCUT2D eigenvalue weighted by molar-refractivity contribution is -0.123. The zero-order valence-corrected chi connectivity index (χ0v) is 16.8. The molecule has 2 aromatic carbocycles. The number of carbonyl (C=O) groups is 2. The Bertz CT molecular complexity index is 841. The van der Waals surface area contributed by atoms with E-state index in [9.17, 15) is 9.59 Å². The normalized spacial score (nSPS) is 10.2. The van der Waals surface area contributed by atoms with Crippen LogP contribution in [0.3, 0.4) is 0 Å². The van der Waals surface area contributed by atoms with Crippen molar-refractivity contribution in [2.24, 2.45) is 0 Å². The Morgan fingerprint density at radius 3 is 2.32 bits per heavy atom. The van der Waals surface area contributed by atoms with Gasteiger partial charge in [0.2, 0.25) is 5.91 Å². The van der Waals surface area contributed by atoms with E-state index in [2.05, 4.69) is 17.2 Å². The molecule has 0 spiro atoms. The lowest BCUT2D eigenvalue weighted by Gasteiger charge is -2.11. The van der Waals surface area contributed by atoms with Gasteiger partial charge in [-0.1, -0.05) is 42.5 Å². The number of amides is 2. The van der Waals surface area contributed by atoms with Crippen molar-refractivity contribution < 1.29 is 14.3 Å². The molecular formula is C23H28N2O3. The van der Waals surface area contributed by atoms with Gasteiger partial charge in [0.05, 0.1) is 0 Å². The minimum Gasteiger partial charge on any atom is -0.484 e. The molecule has 0 radical (unpaired) electrons. The van der Waals surface area contributed by atoms with Crippen molar-refractivity contribution >= 4 is 11.8 Å². The molecule has 0 saturated heterocycles. The lowest BCUT2D eigenvalue weighted by Crippen LogP contribution is -2.29. The molecule has 2 N–H and O–H groups in total. The van der Waals surface area contributed by atoms with E-state index in [0.717, 1.165) is 11.1 Å². The molecule has 0 saturated carbocycles. The van der Waals surface area contributed by atoms with Gasteiger partial charge in [-0.3, -0.25) is 9.59 Å². The predicted molar refractivity (Wildman–Crippen MR) is 111 cm³/mol. The average Bonchev–Trinajstić information content (AvgIpc) is 2.67. The summed E-state index contributed by atoms with van der Waals surface area (Å²) < 4.78 is 5.49. The zero-order valence-electron chi connectivity index (χ0n) is 16.8. The van der Waals surface area contributed by atoms with Crippen molar-refractivity contribution in [3.8, 4) is 5.75 Å². The Balaban J connectivity index is 1.65. The second-order valence-electron chi connectivity index (χ2n) is 6.95. The molecule has 28 heavy (non-hydrogen) atoms. The molecule has 0 unspecified atom stereocenters. The molecule has 0 aromatic heterocycles. The van der Waals surface area contributed by atoms with E-state index < -0.39 is 0 Å². The van der Waals surface area contributed by atoms with Crippen molar-refractivity contribution in [1.82, 2.24) is 10.6 Å². The molecule has 2 amide bonds. The summed E-state index contributed by atoms with van der Waals surface area (Å²) in [6.07, 6.45) is 0.651. The Kier molecular flexibility index (Phi) is 7.81. The van der Waals surface area contributed by atoms with Crippen LogP contribution in [0.15, 0.2) is 54.7 Å². The number of hydrogen-bond acceptors (Lipinski definition) is 3. The molecule has 0 bridgehead atoms. The largest absolute Gasteiger partial charge is 0.484 e. The van der Waals surface area contributed by atoms with E-state index in [4.69, 9.17) is 4.74 Å². The smallest absolute Gasteiger partial charge is 0.262 e. The molecule has 0 fully saturated rings. The van der Waals surface area contributed by atoms with Gasteiger partial charge in [0, 0.05) is 18.7 Å². The van der Waals surface area contributed by atoms with Crippen LogP contribution in [0, 0.1) is 20.8 Å². The number of benzene rings is 2. The van der Waals surface area contributed by atoms with Crippen LogP contribution in [0.2, 0.25) is 0 Å². The Morgan fingerprint density at radius 1 is 0.929 bits per heavy atom. The highest BCUT2D eigenvalue weighted by Gasteiger charge is 2.08. The molecule has 0 aliphatic carbocycles. The Morgan fingerprint density at radius 2 is 1.64 bits per heavy atom. The van der Waals surface area contributed by atoms with Crippen LogP contribution in [-0.2, 0) is 16.1 Å². The van der Waals surface area contributed by atoms with Crippen LogP contribution in [0.25, 0.3) is 0 Å². The number of hydrogen-bond donors (Lipinski definition) is 2. The fourth-order valence-corrected chi connectivity index (χ4v) is 2.51. The van der Waals surface area contributed by atoms with Gasteiger partial charge in [-0.05, 0) is 56.0 Å². The van der Waals surface area contributed by atoms with Crippen molar-refractivity contribution in [3.63, 3.8) is 0 Å². The maximum Gasteiger partial charge on any atom is 0.262 e. The molecule has 0 aliphatic rings. The van der Waals surface area contributed by atoms with E-state index in [0.29, 0.717) is 24.4 Å². The van der Waals surface area contributed by atoms with Crippen LogP contribution in [0.5, 0.6) is 5.75 Å². The van der Waals surface area contributed by atoms with Gasteiger partial charge in [0.25, 0.3) is 5.91 Å². The van der Waals surface area contributed by atoms with Crippen molar-refractivity contribution in [2.45, 2.75) is 40.2 Å². The third kappa shape index (κ3) is 7.27. The number of nitrogens with one attached hydrogen (secondary N) is 2. The number of allylic oxidation sites excluding steroid dienone is 1. The quantitative estimate of drug-likeness (QED) is 0.697. The summed E-state index contributed by atoms with van der Waals surface area (Å²) in [5.74, 6) is 0.282. The van der Waals surface area contributed by atoms with Gasteiger partial charge in [0.1, 0.15) is 5.75 Å². The third-order valence-corrected chi connectivity index (χ3v) is 4.43. The molecule has 148 valence electrons. The zero-order chi connectivity index (χ0) is 20.5. The first-order chi connectivity index (χ1) is 13.3. The van der Waals surface area contributed by atoms with Gasteiger partial charge < -0.3 is 15.4 Å². The molecular weight excluding hydrogens is 352 g/mol. The fourth-order valence-electron chi connectivity index (χ4n) is 2.51. The van der Waals surface area contributed by atoms with E-state index in [1.807, 2.05) is 63.2 Å². The lowest BCUT2D eigenvalue weighted by atomic mass is 10.1. The molecule has 5 nitrogen and oxygen atoms in total. The summed E-state index contributed by atoms with van der Waals surface area (Å²) in [6, 6.07) is 13.7. The van der Waals surface area contributed by atoms with E-state index in [1.54, 1.807) is 0 Å². The summed E-state index contributed by atoms with van der Waals surface area (Å²) >= 11 is 0. The summed E-state index contributed by atoms with van der Waals surface area (Å²) in [4.78, 5) is 23.9. The topological polar surface area (TPSA) is 67.4 Å². The van der Waals surface area contributed by atoms with Gasteiger partial charge in [-0.2, -0.15) is 0 Å². The molecule has 0 aliphatic heterocycles. The first-order valence-electron chi connectivity index (χ1n) is 9.33. The van der Waals surface area contributed by atoms with Crippen LogP contribution in [0.4, 0.5) is 0 Å². The molecule has 0 atom stereocenters. The minimum atomic E-state index is -0.289. The highest BCUT2D eigenvalue weighted by Crippen LogP contribution is 2.16. The monoisotopic (exact) mass is 380 g/mol. The van der Waals surface area contributed by atoms with Crippen LogP contribution >= 0.6 is 0 Å².